The smallest absolute Gasteiger partial charge is 1.00 e. The number of hydrogen-bond donors (Lipinski definition) is 3. The Morgan fingerprint density at radius 2 is 0.863 bits per heavy atom. The molecule has 0 radical (unpaired) electrons. The fourth-order valence-corrected chi connectivity index (χ4v) is 9.71. The maximum absolute atomic E-state index is 11.8. The van der Waals surface area contributed by atoms with Gasteiger partial charge in [-0.05, 0) is 140 Å². The Labute approximate surface area is 599 Å². The summed E-state index contributed by atoms with van der Waals surface area (Å²) in [5.74, 6) is 1.14. The van der Waals surface area contributed by atoms with Crippen LogP contribution in [0.1, 0.15) is 222 Å². The van der Waals surface area contributed by atoms with Crippen LogP contribution in [0.5, 0.6) is 23.0 Å². The van der Waals surface area contributed by atoms with Crippen LogP contribution < -0.4 is 59.6 Å². The number of ether oxygens (including phenoxy) is 6. The third-order valence-corrected chi connectivity index (χ3v) is 15.1. The van der Waals surface area contributed by atoms with Gasteiger partial charge in [0.15, 0.2) is 23.0 Å². The van der Waals surface area contributed by atoms with E-state index in [2.05, 4.69) is 49.9 Å². The number of nitrogens with one attached hydrogen (secondary N) is 1. The standard InChI is InChI=1S/C22H33NO3.C14H24O2.C12H20O2.C10H15NO2.C10H18O.C8H17O5P.Na.H/c1-4-5-6-7-8-9-10-11-12-13-22(24)23-17-16-19-14-15-20(25-2)21(18-19)26-3;1-3-5-6-7-8-9-10-11-12-13-14(15)16-4-2;1-2-3-4-5-6-7-8-9-10-11-12(13)14;1-12-9-4-3-8(5-6-11)7-10(9)13-2;1-2-3-4-5-6-7-8-9-10-11;1-4-11-8(9)7-14(10,12-5-2)13-6-3;;/h10-15,18H,4-9,16-17H2,1-3H3,(H,23,24);10-13H,3-9H2,1-2H3;8-11H,2-7H2,1H3,(H,13,14);3-4,7H,5-6,11H2,1-2H3;8-10H,2-7H2,1H3;4-7H2,1-3H3;;/q;;;;;;+1;-1/b2*11-10+,13-12+;9-8+,11-10+;;9-8+;;;. The van der Waals surface area contributed by atoms with Crippen molar-refractivity contribution in [3.8, 4) is 23.0 Å². The molecule has 0 aromatic heterocycles. The molecule has 4 N–H and O–H groups in total. The molecule has 0 spiro atoms. The number of esters is 2. The molecule has 17 nitrogen and oxygen atoms in total. The number of carboxylic acid groups (broad SMARTS) is 1. The predicted molar refractivity (Wildman–Crippen MR) is 390 cm³/mol. The van der Waals surface area contributed by atoms with Gasteiger partial charge in [-0.3, -0.25) is 18.9 Å². The molecule has 2 rings (SSSR count). The van der Waals surface area contributed by atoms with Gasteiger partial charge in [-0.25, -0.2) is 9.59 Å². The normalized spacial score (nSPS) is 10.9. The van der Waals surface area contributed by atoms with Crippen molar-refractivity contribution in [2.24, 2.45) is 5.73 Å². The molecule has 0 aliphatic carbocycles. The average molecular weight is 1360 g/mol. The number of rotatable bonds is 48. The first-order chi connectivity index (χ1) is 45.6. The van der Waals surface area contributed by atoms with E-state index in [-0.39, 0.29) is 68.8 Å². The minimum atomic E-state index is -3.28. The maximum Gasteiger partial charge on any atom is 1.00 e. The van der Waals surface area contributed by atoms with Crippen LogP contribution in [0.4, 0.5) is 0 Å². The first-order valence-corrected chi connectivity index (χ1v) is 36.3. The SMILES string of the molecule is CCCCCCC/C=C/C=C/C(=O)NCCc1ccc(OC)c(OC)c1.CCCCCCC/C=C/C=C/C(=O)O.CCCCCCC/C=C/C=C/C(=O)OCC.CCCCCCC/C=C/C=O.CCOC(=O)CP(=O)(OCC)OCC.COc1ccc(CCN)cc1OC.[H-].[Na+]. The Morgan fingerprint density at radius 1 is 0.484 bits per heavy atom. The molecule has 0 aliphatic rings. The zero-order valence-electron chi connectivity index (χ0n) is 62.1. The molecule has 538 valence electrons. The molecule has 2 aromatic rings. The van der Waals surface area contributed by atoms with E-state index in [1.54, 1.807) is 92.6 Å². The quantitative estimate of drug-likeness (QED) is 0.0106. The summed E-state index contributed by atoms with van der Waals surface area (Å²) in [7, 11) is 3.21. The molecule has 0 aliphatic heterocycles. The van der Waals surface area contributed by atoms with Crippen LogP contribution >= 0.6 is 7.60 Å². The Hall–Kier alpha value is -5.52. The minimum absolute atomic E-state index is 0. The van der Waals surface area contributed by atoms with E-state index in [0.29, 0.717) is 31.2 Å². The zero-order chi connectivity index (χ0) is 70.8. The number of carbonyl (C=O) groups is 5. The number of carboxylic acids is 1. The Morgan fingerprint density at radius 3 is 1.22 bits per heavy atom. The van der Waals surface area contributed by atoms with Crippen LogP contribution in [0.3, 0.4) is 0 Å². The second-order valence-corrected chi connectivity index (χ2v) is 23.3. The van der Waals surface area contributed by atoms with E-state index < -0.39 is 19.5 Å². The summed E-state index contributed by atoms with van der Waals surface area (Å²) in [5.41, 5.74) is 7.71. The average Bonchev–Trinajstić information content (AvgIpc) is 1.49. The van der Waals surface area contributed by atoms with Crippen molar-refractivity contribution in [1.82, 2.24) is 5.32 Å². The fraction of sp³-hybridized carbons (Fsp3) is 0.592. The molecule has 0 saturated heterocycles. The second kappa shape index (κ2) is 77.5. The van der Waals surface area contributed by atoms with Crippen molar-refractivity contribution in [3.63, 3.8) is 0 Å². The molecule has 2 aromatic carbocycles. The number of benzene rings is 2. The minimum Gasteiger partial charge on any atom is -1.00 e. The molecular formula is C76H128N2NaO15P. The summed E-state index contributed by atoms with van der Waals surface area (Å²) in [6, 6.07) is 11.6. The van der Waals surface area contributed by atoms with Gasteiger partial charge >= 0.3 is 55.1 Å². The number of aldehydes is 1. The molecular weight excluding hydrogens is 1230 g/mol. The van der Waals surface area contributed by atoms with Crippen LogP contribution in [0, 0.1) is 0 Å². The van der Waals surface area contributed by atoms with Gasteiger partial charge in [-0.1, -0.05) is 203 Å². The van der Waals surface area contributed by atoms with Crippen molar-refractivity contribution in [2.45, 2.75) is 222 Å². The van der Waals surface area contributed by atoms with Gasteiger partial charge in [-0.15, -0.1) is 0 Å². The predicted octanol–water partition coefficient (Wildman–Crippen LogP) is 15.6. The number of unbranched alkanes of at least 4 members (excludes halogenated alkanes) is 20. The summed E-state index contributed by atoms with van der Waals surface area (Å²) in [4.78, 5) is 53.7. The molecule has 95 heavy (non-hydrogen) atoms. The number of nitrogens with two attached hydrogens (primary N) is 1. The Bertz CT molecular complexity index is 2400. The number of allylic oxidation sites excluding steroid dienone is 11. The van der Waals surface area contributed by atoms with Gasteiger partial charge in [0.2, 0.25) is 5.91 Å². The molecule has 0 saturated carbocycles. The summed E-state index contributed by atoms with van der Waals surface area (Å²) in [6.45, 7) is 18.2. The maximum atomic E-state index is 11.8. The van der Waals surface area contributed by atoms with Crippen LogP contribution in [-0.4, -0.2) is 109 Å². The van der Waals surface area contributed by atoms with Crippen molar-refractivity contribution < 1.29 is 102 Å². The van der Waals surface area contributed by atoms with E-state index in [4.69, 9.17) is 43.6 Å². The molecule has 0 unspecified atom stereocenters. The number of amides is 1. The Kier molecular flexibility index (Phi) is 80.1. The Balaban J connectivity index is -0.000000259. The summed E-state index contributed by atoms with van der Waals surface area (Å²) < 4.78 is 51.8. The van der Waals surface area contributed by atoms with Crippen molar-refractivity contribution in [3.05, 3.63) is 133 Å². The molecule has 19 heteroatoms. The van der Waals surface area contributed by atoms with Gasteiger partial charge in [0.25, 0.3) is 0 Å². The third-order valence-electron chi connectivity index (χ3n) is 13.2. The topological polar surface area (TPSA) is 235 Å². The monoisotopic (exact) mass is 1360 g/mol. The molecule has 0 bridgehead atoms. The largest absolute Gasteiger partial charge is 1.00 e. The first kappa shape index (κ1) is 98.2. The molecule has 0 fully saturated rings. The summed E-state index contributed by atoms with van der Waals surface area (Å²) in [5, 5.41) is 11.2. The van der Waals surface area contributed by atoms with Crippen LogP contribution in [-0.2, 0) is 59.9 Å². The van der Waals surface area contributed by atoms with Gasteiger partial charge < -0.3 is 55.1 Å². The number of hydrogen-bond acceptors (Lipinski definition) is 15. The van der Waals surface area contributed by atoms with Crippen molar-refractivity contribution in [1.29, 1.82) is 0 Å². The summed E-state index contributed by atoms with van der Waals surface area (Å²) >= 11 is 0. The second-order valence-electron chi connectivity index (χ2n) is 21.2. The molecule has 0 heterocycles. The van der Waals surface area contributed by atoms with Gasteiger partial charge in [0.1, 0.15) is 12.4 Å². The van der Waals surface area contributed by atoms with Crippen LogP contribution in [0.25, 0.3) is 0 Å². The van der Waals surface area contributed by atoms with E-state index in [9.17, 15) is 28.5 Å². The third kappa shape index (κ3) is 69.6. The molecule has 0 atom stereocenters. The number of methoxy groups -OCH3 is 4. The van der Waals surface area contributed by atoms with E-state index in [1.165, 1.54) is 140 Å². The van der Waals surface area contributed by atoms with E-state index in [1.807, 2.05) is 60.7 Å². The van der Waals surface area contributed by atoms with Crippen molar-refractivity contribution in [2.75, 3.05) is 74.1 Å². The number of carbonyl (C=O) groups excluding carboxylic acids is 4. The zero-order valence-corrected chi connectivity index (χ0v) is 64.0. The first-order valence-electron chi connectivity index (χ1n) is 34.5. The summed E-state index contributed by atoms with van der Waals surface area (Å²) in [6.07, 6.45) is 57.0. The van der Waals surface area contributed by atoms with Crippen molar-refractivity contribution >= 4 is 37.7 Å². The van der Waals surface area contributed by atoms with Crippen LogP contribution in [0.2, 0.25) is 0 Å². The van der Waals surface area contributed by atoms with Crippen LogP contribution in [0.15, 0.2) is 121 Å². The van der Waals surface area contributed by atoms with E-state index >= 15 is 0 Å². The number of aliphatic carboxylic acids is 1. The van der Waals surface area contributed by atoms with E-state index in [0.717, 1.165) is 67.9 Å². The van der Waals surface area contributed by atoms with Gasteiger partial charge in [0, 0.05) is 24.8 Å². The fourth-order valence-electron chi connectivity index (χ4n) is 8.26. The van der Waals surface area contributed by atoms with Gasteiger partial charge in [0.05, 0.1) is 54.9 Å². The van der Waals surface area contributed by atoms with Gasteiger partial charge in [-0.2, -0.15) is 0 Å². The molecule has 1 amide bonds.